The zero-order chi connectivity index (χ0) is 21.1. The Morgan fingerprint density at radius 3 is 2.70 bits per heavy atom. The number of halogens is 2. The molecule has 0 aliphatic rings. The van der Waals surface area contributed by atoms with Gasteiger partial charge in [-0.2, -0.15) is 0 Å². The van der Waals surface area contributed by atoms with Gasteiger partial charge < -0.3 is 20.9 Å². The van der Waals surface area contributed by atoms with Gasteiger partial charge in [-0.3, -0.25) is 0 Å². The molecule has 150 valence electrons. The van der Waals surface area contributed by atoms with E-state index in [9.17, 15) is 9.50 Å². The number of pyridine rings is 1. The van der Waals surface area contributed by atoms with Crippen molar-refractivity contribution in [1.82, 2.24) is 4.98 Å². The van der Waals surface area contributed by atoms with Gasteiger partial charge in [-0.05, 0) is 54.6 Å². The molecule has 5 nitrogen and oxygen atoms in total. The number of benzene rings is 3. The second-order valence-corrected chi connectivity index (χ2v) is 6.93. The topological polar surface area (TPSA) is 80.4 Å². The molecule has 0 saturated carbocycles. The van der Waals surface area contributed by atoms with Gasteiger partial charge in [0.1, 0.15) is 11.5 Å². The fourth-order valence-corrected chi connectivity index (χ4v) is 3.05. The summed E-state index contributed by atoms with van der Waals surface area (Å²) in [7, 11) is 0. The summed E-state index contributed by atoms with van der Waals surface area (Å²) in [5.41, 5.74) is 8.20. The molecular weight excluding hydrogens is 405 g/mol. The molecule has 0 amide bonds. The third-order valence-electron chi connectivity index (χ3n) is 4.35. The number of aromatic nitrogens is 1. The van der Waals surface area contributed by atoms with Crippen molar-refractivity contribution in [3.63, 3.8) is 0 Å². The highest BCUT2D eigenvalue weighted by Gasteiger charge is 2.08. The molecule has 3 aromatic carbocycles. The molecule has 0 unspecified atom stereocenters. The molecule has 0 saturated heterocycles. The lowest BCUT2D eigenvalue weighted by Crippen LogP contribution is -2.03. The van der Waals surface area contributed by atoms with Crippen LogP contribution < -0.4 is 15.8 Å². The van der Waals surface area contributed by atoms with Gasteiger partial charge in [0.05, 0.1) is 16.9 Å². The van der Waals surface area contributed by atoms with Crippen LogP contribution in [-0.2, 0) is 0 Å². The van der Waals surface area contributed by atoms with Crippen LogP contribution in [0.2, 0.25) is 5.02 Å². The van der Waals surface area contributed by atoms with Crippen LogP contribution in [0.4, 0.5) is 10.1 Å². The number of nitrogens with two attached hydrogens (primary N) is 1. The number of nitrogens with one attached hydrogen (secondary N) is 1. The van der Waals surface area contributed by atoms with Crippen LogP contribution in [0.3, 0.4) is 0 Å². The van der Waals surface area contributed by atoms with E-state index >= 15 is 0 Å². The van der Waals surface area contributed by atoms with Crippen molar-refractivity contribution in [3.8, 4) is 17.2 Å². The zero-order valence-corrected chi connectivity index (χ0v) is 16.4. The SMILES string of the molecule is N/C(=C\Nc1ccc(O)c(F)c1)c1ccc2c(Oc3cccc(Cl)c3)cccc2n1. The molecule has 1 heterocycles. The molecule has 4 aromatic rings. The van der Waals surface area contributed by atoms with Crippen molar-refractivity contribution in [1.29, 1.82) is 0 Å². The molecule has 4 rings (SSSR count). The third kappa shape index (κ3) is 4.29. The maximum absolute atomic E-state index is 13.4. The van der Waals surface area contributed by atoms with Crippen LogP contribution in [0, 0.1) is 5.82 Å². The fraction of sp³-hybridized carbons (Fsp3) is 0. The van der Waals surface area contributed by atoms with Gasteiger partial charge in [-0.1, -0.05) is 23.7 Å². The standard InChI is InChI=1S/C23H17ClFN3O2/c24-14-3-1-4-16(11-14)30-23-6-2-5-20-17(23)8-9-21(28-20)19(26)13-27-15-7-10-22(29)18(25)12-15/h1-13,27,29H,26H2/b19-13-. The average Bonchev–Trinajstić information content (AvgIpc) is 2.74. The minimum Gasteiger partial charge on any atom is -0.505 e. The molecule has 0 bridgehead atoms. The Balaban J connectivity index is 1.59. The Labute approximate surface area is 177 Å². The Hall–Kier alpha value is -3.77. The van der Waals surface area contributed by atoms with Gasteiger partial charge in [-0.25, -0.2) is 9.37 Å². The van der Waals surface area contributed by atoms with Crippen molar-refractivity contribution >= 4 is 33.9 Å². The van der Waals surface area contributed by atoms with Gasteiger partial charge >= 0.3 is 0 Å². The van der Waals surface area contributed by atoms with Crippen LogP contribution >= 0.6 is 11.6 Å². The molecule has 0 aliphatic carbocycles. The minimum atomic E-state index is -0.719. The number of hydrogen-bond acceptors (Lipinski definition) is 5. The Kier molecular flexibility index (Phi) is 5.41. The van der Waals surface area contributed by atoms with Gasteiger partial charge in [-0.15, -0.1) is 0 Å². The van der Waals surface area contributed by atoms with E-state index in [1.54, 1.807) is 18.2 Å². The van der Waals surface area contributed by atoms with Gasteiger partial charge in [0.2, 0.25) is 0 Å². The van der Waals surface area contributed by atoms with E-state index < -0.39 is 11.6 Å². The number of rotatable bonds is 5. The molecule has 7 heteroatoms. The monoisotopic (exact) mass is 421 g/mol. The summed E-state index contributed by atoms with van der Waals surface area (Å²) in [5.74, 6) is 0.144. The number of hydrogen-bond donors (Lipinski definition) is 3. The van der Waals surface area contributed by atoms with E-state index in [0.717, 1.165) is 5.39 Å². The molecule has 30 heavy (non-hydrogen) atoms. The zero-order valence-electron chi connectivity index (χ0n) is 15.6. The Morgan fingerprint density at radius 2 is 1.90 bits per heavy atom. The van der Waals surface area contributed by atoms with E-state index in [-0.39, 0.29) is 0 Å². The molecule has 0 aliphatic heterocycles. The first-order valence-corrected chi connectivity index (χ1v) is 9.42. The van der Waals surface area contributed by atoms with Gasteiger partial charge in [0.25, 0.3) is 0 Å². The van der Waals surface area contributed by atoms with Crippen LogP contribution in [0.15, 0.2) is 79.0 Å². The van der Waals surface area contributed by atoms with E-state index in [0.29, 0.717) is 39.1 Å². The molecule has 0 atom stereocenters. The second-order valence-electron chi connectivity index (χ2n) is 6.49. The molecule has 0 radical (unpaired) electrons. The van der Waals surface area contributed by atoms with Crippen LogP contribution in [0.5, 0.6) is 17.2 Å². The number of nitrogens with zero attached hydrogens (tertiary/aromatic N) is 1. The lowest BCUT2D eigenvalue weighted by molar-refractivity contribution is 0.432. The van der Waals surface area contributed by atoms with Crippen molar-refractivity contribution in [2.45, 2.75) is 0 Å². The maximum atomic E-state index is 13.4. The van der Waals surface area contributed by atoms with Crippen molar-refractivity contribution in [2.24, 2.45) is 5.73 Å². The molecular formula is C23H17ClFN3O2. The van der Waals surface area contributed by atoms with Crippen LogP contribution in [0.25, 0.3) is 16.6 Å². The quantitative estimate of drug-likeness (QED) is 0.350. The normalized spacial score (nSPS) is 11.5. The van der Waals surface area contributed by atoms with E-state index in [1.807, 2.05) is 36.4 Å². The fourth-order valence-electron chi connectivity index (χ4n) is 2.87. The Morgan fingerprint density at radius 1 is 1.07 bits per heavy atom. The van der Waals surface area contributed by atoms with Crippen molar-refractivity contribution in [3.05, 3.63) is 95.5 Å². The smallest absolute Gasteiger partial charge is 0.166 e. The largest absolute Gasteiger partial charge is 0.505 e. The number of ether oxygens (including phenoxy) is 1. The highest BCUT2D eigenvalue weighted by Crippen LogP contribution is 2.31. The lowest BCUT2D eigenvalue weighted by atomic mass is 10.1. The molecule has 0 fully saturated rings. The highest BCUT2D eigenvalue weighted by molar-refractivity contribution is 6.30. The summed E-state index contributed by atoms with van der Waals surface area (Å²) in [6, 6.07) is 20.3. The average molecular weight is 422 g/mol. The summed E-state index contributed by atoms with van der Waals surface area (Å²) < 4.78 is 19.4. The summed E-state index contributed by atoms with van der Waals surface area (Å²) in [5, 5.41) is 13.6. The predicted molar refractivity (Wildman–Crippen MR) is 117 cm³/mol. The van der Waals surface area contributed by atoms with Crippen molar-refractivity contribution in [2.75, 3.05) is 5.32 Å². The third-order valence-corrected chi connectivity index (χ3v) is 4.59. The van der Waals surface area contributed by atoms with Crippen LogP contribution in [-0.4, -0.2) is 10.1 Å². The highest BCUT2D eigenvalue weighted by atomic mass is 35.5. The minimum absolute atomic E-state index is 0.367. The molecule has 4 N–H and O–H groups in total. The first-order valence-electron chi connectivity index (χ1n) is 9.04. The lowest BCUT2D eigenvalue weighted by Gasteiger charge is -2.10. The predicted octanol–water partition coefficient (Wildman–Crippen LogP) is 5.89. The first kappa shape index (κ1) is 19.5. The molecule has 0 spiro atoms. The van der Waals surface area contributed by atoms with Gasteiger partial charge in [0.15, 0.2) is 11.6 Å². The number of fused-ring (bicyclic) bond motifs is 1. The summed E-state index contributed by atoms with van der Waals surface area (Å²) in [6.45, 7) is 0. The van der Waals surface area contributed by atoms with E-state index in [4.69, 9.17) is 22.1 Å². The van der Waals surface area contributed by atoms with Crippen LogP contribution in [0.1, 0.15) is 5.69 Å². The summed E-state index contributed by atoms with van der Waals surface area (Å²) in [6.07, 6.45) is 1.52. The Bertz CT molecular complexity index is 1260. The first-order chi connectivity index (χ1) is 14.5. The number of phenols is 1. The summed E-state index contributed by atoms with van der Waals surface area (Å²) in [4.78, 5) is 4.59. The number of phenolic OH excluding ortho intramolecular Hbond substituents is 1. The second kappa shape index (κ2) is 8.31. The van der Waals surface area contributed by atoms with Gasteiger partial charge in [0, 0.05) is 28.4 Å². The van der Waals surface area contributed by atoms with E-state index in [1.165, 1.54) is 24.4 Å². The summed E-state index contributed by atoms with van der Waals surface area (Å²) >= 11 is 6.02. The number of aromatic hydroxyl groups is 1. The maximum Gasteiger partial charge on any atom is 0.166 e. The van der Waals surface area contributed by atoms with Crippen molar-refractivity contribution < 1.29 is 14.2 Å². The number of anilines is 1. The molecule has 1 aromatic heterocycles. The van der Waals surface area contributed by atoms with E-state index in [2.05, 4.69) is 10.3 Å².